The van der Waals surface area contributed by atoms with E-state index >= 15 is 0 Å². The third-order valence-electron chi connectivity index (χ3n) is 4.13. The molecule has 0 bridgehead atoms. The van der Waals surface area contributed by atoms with E-state index in [1.165, 1.54) is 11.3 Å². The van der Waals surface area contributed by atoms with Crippen LogP contribution < -0.4 is 5.32 Å². The van der Waals surface area contributed by atoms with Gasteiger partial charge in [-0.25, -0.2) is 4.98 Å². The molecular formula is C17H19N3O3S. The van der Waals surface area contributed by atoms with Crippen LogP contribution in [0.2, 0.25) is 0 Å². The topological polar surface area (TPSA) is 82.5 Å². The van der Waals surface area contributed by atoms with Gasteiger partial charge in [-0.05, 0) is 24.9 Å². The molecule has 3 rings (SSSR count). The molecular weight excluding hydrogens is 326 g/mol. The molecule has 0 spiro atoms. The number of hydrogen-bond acceptors (Lipinski definition) is 5. The number of likely N-dealkylation sites (tertiary alicyclic amines) is 1. The summed E-state index contributed by atoms with van der Waals surface area (Å²) >= 11 is 1.48. The van der Waals surface area contributed by atoms with Gasteiger partial charge in [0.25, 0.3) is 0 Å². The Hall–Kier alpha value is -2.25. The molecule has 1 fully saturated rings. The van der Waals surface area contributed by atoms with Crippen LogP contribution in [0.4, 0.5) is 0 Å². The molecule has 1 aliphatic heterocycles. The molecule has 0 aliphatic carbocycles. The Morgan fingerprint density at radius 2 is 2.17 bits per heavy atom. The van der Waals surface area contributed by atoms with Gasteiger partial charge in [0.05, 0.1) is 6.54 Å². The van der Waals surface area contributed by atoms with E-state index in [9.17, 15) is 14.7 Å². The zero-order valence-corrected chi connectivity index (χ0v) is 13.9. The normalized spacial score (nSPS) is 19.1. The summed E-state index contributed by atoms with van der Waals surface area (Å²) in [7, 11) is 0. The number of aliphatic carboxylic acids is 1. The first kappa shape index (κ1) is 16.6. The van der Waals surface area contributed by atoms with Crippen molar-refractivity contribution in [2.45, 2.75) is 24.9 Å². The first-order chi connectivity index (χ1) is 11.6. The van der Waals surface area contributed by atoms with E-state index in [0.29, 0.717) is 13.0 Å². The highest BCUT2D eigenvalue weighted by Crippen LogP contribution is 2.24. The number of hydrogen-bond donors (Lipinski definition) is 2. The molecule has 7 heteroatoms. The lowest BCUT2D eigenvalue weighted by atomic mass is 10.1. The molecule has 2 N–H and O–H groups in total. The lowest BCUT2D eigenvalue weighted by Crippen LogP contribution is -2.43. The molecule has 1 amide bonds. The Morgan fingerprint density at radius 1 is 1.38 bits per heavy atom. The van der Waals surface area contributed by atoms with Crippen molar-refractivity contribution in [1.82, 2.24) is 15.2 Å². The Labute approximate surface area is 144 Å². The minimum Gasteiger partial charge on any atom is -0.480 e. The average molecular weight is 345 g/mol. The van der Waals surface area contributed by atoms with E-state index in [4.69, 9.17) is 0 Å². The Bertz CT molecular complexity index is 690. The zero-order chi connectivity index (χ0) is 16.9. The molecule has 24 heavy (non-hydrogen) atoms. The number of aromatic nitrogens is 1. The summed E-state index contributed by atoms with van der Waals surface area (Å²) in [4.78, 5) is 29.8. The summed E-state index contributed by atoms with van der Waals surface area (Å²) < 4.78 is 0. The monoisotopic (exact) mass is 345 g/mol. The maximum Gasteiger partial charge on any atom is 0.320 e. The van der Waals surface area contributed by atoms with Crippen LogP contribution in [0.3, 0.4) is 0 Å². The van der Waals surface area contributed by atoms with Crippen molar-refractivity contribution >= 4 is 23.2 Å². The van der Waals surface area contributed by atoms with Gasteiger partial charge in [0.15, 0.2) is 0 Å². The fraction of sp³-hybridized carbons (Fsp3) is 0.353. The highest BCUT2D eigenvalue weighted by atomic mass is 32.1. The lowest BCUT2D eigenvalue weighted by molar-refractivity contribution is -0.142. The third kappa shape index (κ3) is 3.80. The molecule has 0 saturated carbocycles. The molecule has 1 aromatic carbocycles. The van der Waals surface area contributed by atoms with Gasteiger partial charge in [-0.1, -0.05) is 30.3 Å². The summed E-state index contributed by atoms with van der Waals surface area (Å²) in [6.07, 6.45) is 3.11. The molecule has 126 valence electrons. The van der Waals surface area contributed by atoms with Gasteiger partial charge in [0.1, 0.15) is 17.1 Å². The van der Waals surface area contributed by atoms with Crippen molar-refractivity contribution in [3.8, 4) is 0 Å². The molecule has 6 nitrogen and oxygen atoms in total. The van der Waals surface area contributed by atoms with E-state index in [1.807, 2.05) is 35.7 Å². The third-order valence-corrected chi connectivity index (χ3v) is 4.97. The van der Waals surface area contributed by atoms with Crippen molar-refractivity contribution in [2.24, 2.45) is 0 Å². The number of thiazole rings is 1. The molecule has 1 aromatic heterocycles. The summed E-state index contributed by atoms with van der Waals surface area (Å²) in [5.74, 6) is -1.05. The van der Waals surface area contributed by atoms with E-state index in [-0.39, 0.29) is 18.5 Å². The molecule has 0 radical (unpaired) electrons. The fourth-order valence-corrected chi connectivity index (χ4v) is 3.71. The SMILES string of the molecule is O=C(CN1CCC[C@H]1C(=O)O)N[C@H](c1ccccc1)c1nccs1. The van der Waals surface area contributed by atoms with Gasteiger partial charge in [-0.3, -0.25) is 14.5 Å². The molecule has 2 aromatic rings. The number of carbonyl (C=O) groups is 2. The Morgan fingerprint density at radius 3 is 2.83 bits per heavy atom. The van der Waals surface area contributed by atoms with Crippen LogP contribution in [0, 0.1) is 0 Å². The maximum absolute atomic E-state index is 12.5. The molecule has 1 aliphatic rings. The Balaban J connectivity index is 1.71. The lowest BCUT2D eigenvalue weighted by Gasteiger charge is -2.23. The van der Waals surface area contributed by atoms with Gasteiger partial charge in [-0.15, -0.1) is 11.3 Å². The standard InChI is InChI=1S/C17H19N3O3S/c21-14(11-20-9-4-7-13(20)17(22)23)19-15(16-18-8-10-24-16)12-5-2-1-3-6-12/h1-3,5-6,8,10,13,15H,4,7,9,11H2,(H,19,21)(H,22,23)/t13-,15+/m0/s1. The van der Waals surface area contributed by atoms with Gasteiger partial charge in [-0.2, -0.15) is 0 Å². The first-order valence-corrected chi connectivity index (χ1v) is 8.73. The van der Waals surface area contributed by atoms with Crippen molar-refractivity contribution in [1.29, 1.82) is 0 Å². The second-order valence-corrected chi connectivity index (χ2v) is 6.67. The van der Waals surface area contributed by atoms with Crippen LogP contribution in [0.25, 0.3) is 0 Å². The second kappa shape index (κ2) is 7.55. The summed E-state index contributed by atoms with van der Waals surface area (Å²) in [5.41, 5.74) is 0.956. The number of nitrogens with zero attached hydrogens (tertiary/aromatic N) is 2. The number of benzene rings is 1. The van der Waals surface area contributed by atoms with Crippen molar-refractivity contribution in [2.75, 3.05) is 13.1 Å². The summed E-state index contributed by atoms with van der Waals surface area (Å²) in [5, 5.41) is 14.9. The molecule has 2 heterocycles. The van der Waals surface area contributed by atoms with Crippen LogP contribution in [0.15, 0.2) is 41.9 Å². The summed E-state index contributed by atoms with van der Waals surface area (Å²) in [6, 6.07) is 8.78. The number of carboxylic acids is 1. The first-order valence-electron chi connectivity index (χ1n) is 7.85. The van der Waals surface area contributed by atoms with Crippen molar-refractivity contribution < 1.29 is 14.7 Å². The molecule has 0 unspecified atom stereocenters. The number of carboxylic acid groups (broad SMARTS) is 1. The highest BCUT2D eigenvalue weighted by molar-refractivity contribution is 7.09. The van der Waals surface area contributed by atoms with Crippen LogP contribution >= 0.6 is 11.3 Å². The zero-order valence-electron chi connectivity index (χ0n) is 13.1. The number of amides is 1. The van der Waals surface area contributed by atoms with Gasteiger partial charge < -0.3 is 10.4 Å². The van der Waals surface area contributed by atoms with Crippen molar-refractivity contribution in [3.63, 3.8) is 0 Å². The fourth-order valence-electron chi connectivity index (χ4n) is 3.00. The largest absolute Gasteiger partial charge is 0.480 e. The van der Waals surface area contributed by atoms with Gasteiger partial charge in [0.2, 0.25) is 5.91 Å². The highest BCUT2D eigenvalue weighted by Gasteiger charge is 2.32. The van der Waals surface area contributed by atoms with E-state index in [1.54, 1.807) is 11.1 Å². The quantitative estimate of drug-likeness (QED) is 0.835. The average Bonchev–Trinajstić information content (AvgIpc) is 3.25. The number of rotatable bonds is 6. The van der Waals surface area contributed by atoms with Crippen LogP contribution in [-0.2, 0) is 9.59 Å². The van der Waals surface area contributed by atoms with Gasteiger partial charge in [0, 0.05) is 11.6 Å². The van der Waals surface area contributed by atoms with Crippen LogP contribution in [0.5, 0.6) is 0 Å². The smallest absolute Gasteiger partial charge is 0.320 e. The summed E-state index contributed by atoms with van der Waals surface area (Å²) in [6.45, 7) is 0.726. The molecule has 1 saturated heterocycles. The maximum atomic E-state index is 12.5. The van der Waals surface area contributed by atoms with Crippen LogP contribution in [0.1, 0.15) is 29.5 Å². The number of carbonyl (C=O) groups excluding carboxylic acids is 1. The minimum atomic E-state index is -0.861. The van der Waals surface area contributed by atoms with E-state index in [2.05, 4.69) is 10.3 Å². The Kier molecular flexibility index (Phi) is 5.22. The number of nitrogens with one attached hydrogen (secondary N) is 1. The predicted molar refractivity (Wildman–Crippen MR) is 90.8 cm³/mol. The van der Waals surface area contributed by atoms with E-state index in [0.717, 1.165) is 17.0 Å². The van der Waals surface area contributed by atoms with Crippen LogP contribution in [-0.4, -0.2) is 46.0 Å². The van der Waals surface area contributed by atoms with E-state index < -0.39 is 12.0 Å². The minimum absolute atomic E-state index is 0.0890. The second-order valence-electron chi connectivity index (χ2n) is 5.75. The van der Waals surface area contributed by atoms with Gasteiger partial charge >= 0.3 is 5.97 Å². The predicted octanol–water partition coefficient (Wildman–Crippen LogP) is 1.90. The van der Waals surface area contributed by atoms with Crippen molar-refractivity contribution in [3.05, 3.63) is 52.5 Å². The molecule has 2 atom stereocenters.